The number of carbonyl (C=O) groups is 4. The van der Waals surface area contributed by atoms with Crippen molar-refractivity contribution >= 4 is 23.8 Å². The Labute approximate surface area is 121 Å². The van der Waals surface area contributed by atoms with Gasteiger partial charge >= 0.3 is 11.9 Å². The fourth-order valence-corrected chi connectivity index (χ4v) is 1.42. The van der Waals surface area contributed by atoms with E-state index in [1.165, 1.54) is 6.92 Å². The average Bonchev–Trinajstić information content (AvgIpc) is 2.72. The van der Waals surface area contributed by atoms with E-state index in [9.17, 15) is 19.2 Å². The van der Waals surface area contributed by atoms with Crippen LogP contribution in [0.15, 0.2) is 0 Å². The molecule has 0 aromatic rings. The molecule has 9 nitrogen and oxygen atoms in total. The Morgan fingerprint density at radius 2 is 1.76 bits per heavy atom. The molecule has 0 bridgehead atoms. The van der Waals surface area contributed by atoms with E-state index in [4.69, 9.17) is 9.84 Å². The van der Waals surface area contributed by atoms with Crippen LogP contribution in [0.1, 0.15) is 26.2 Å². The molecule has 1 fully saturated rings. The average molecular weight is 303 g/mol. The first-order valence-corrected chi connectivity index (χ1v) is 5.98. The lowest BCUT2D eigenvalue weighted by Crippen LogP contribution is -2.33. The van der Waals surface area contributed by atoms with Crippen LogP contribution in [0.5, 0.6) is 0 Å². The summed E-state index contributed by atoms with van der Waals surface area (Å²) >= 11 is 0. The summed E-state index contributed by atoms with van der Waals surface area (Å²) in [5.41, 5.74) is 0. The van der Waals surface area contributed by atoms with Crippen molar-refractivity contribution < 1.29 is 38.6 Å². The fraction of sp³-hybridized carbons (Fsp3) is 0.583. The Morgan fingerprint density at radius 3 is 2.24 bits per heavy atom. The molecule has 21 heavy (non-hydrogen) atoms. The molecule has 1 aliphatic heterocycles. The van der Waals surface area contributed by atoms with Crippen LogP contribution in [0.25, 0.3) is 0 Å². The summed E-state index contributed by atoms with van der Waals surface area (Å²) in [6, 6.07) is 0. The van der Waals surface area contributed by atoms with E-state index in [0.29, 0.717) is 5.06 Å². The van der Waals surface area contributed by atoms with Crippen LogP contribution in [0.3, 0.4) is 0 Å². The van der Waals surface area contributed by atoms with E-state index in [2.05, 4.69) is 16.7 Å². The number of esters is 1. The van der Waals surface area contributed by atoms with E-state index in [1.54, 1.807) is 0 Å². The van der Waals surface area contributed by atoms with Crippen molar-refractivity contribution in [3.05, 3.63) is 7.11 Å². The summed E-state index contributed by atoms with van der Waals surface area (Å²) in [7, 11) is 3.75. The fourth-order valence-electron chi connectivity index (χ4n) is 1.42. The first kappa shape index (κ1) is 19.0. The quantitative estimate of drug-likeness (QED) is 0.337. The molecular formula is C12H17NO8-2. The molecule has 1 unspecified atom stereocenters. The van der Waals surface area contributed by atoms with E-state index in [0.717, 1.165) is 7.11 Å². The largest absolute Gasteiger partial charge is 0.857 e. The molecular weight excluding hydrogens is 286 g/mol. The maximum Gasteiger partial charge on any atom is 0.336 e. The first-order chi connectivity index (χ1) is 9.93. The number of carbonyl (C=O) groups excluding carboxylic acids is 4. The van der Waals surface area contributed by atoms with Gasteiger partial charge in [0.1, 0.15) is 12.7 Å². The predicted octanol–water partition coefficient (Wildman–Crippen LogP) is -1.30. The van der Waals surface area contributed by atoms with Gasteiger partial charge in [-0.05, 0) is 6.92 Å². The summed E-state index contributed by atoms with van der Waals surface area (Å²) in [5.74, 6) is -2.63. The lowest BCUT2D eigenvalue weighted by molar-refractivity contribution is -0.325. The summed E-state index contributed by atoms with van der Waals surface area (Å²) in [5, 5.41) is 8.69. The molecule has 1 aliphatic rings. The van der Waals surface area contributed by atoms with E-state index in [-0.39, 0.29) is 25.9 Å². The van der Waals surface area contributed by atoms with Gasteiger partial charge in [0.15, 0.2) is 0 Å². The van der Waals surface area contributed by atoms with Crippen molar-refractivity contribution in [3.63, 3.8) is 0 Å². The predicted molar refractivity (Wildman–Crippen MR) is 64.6 cm³/mol. The number of amides is 2. The minimum Gasteiger partial charge on any atom is -0.857 e. The normalized spacial score (nSPS) is 15.1. The van der Waals surface area contributed by atoms with Gasteiger partial charge in [-0.15, -0.1) is 5.06 Å². The van der Waals surface area contributed by atoms with Crippen LogP contribution in [0.4, 0.5) is 0 Å². The van der Waals surface area contributed by atoms with Gasteiger partial charge in [0.05, 0.1) is 6.42 Å². The van der Waals surface area contributed by atoms with Gasteiger partial charge in [0.25, 0.3) is 11.8 Å². The molecule has 120 valence electrons. The standard InChI is InChI=1S/C11H14NO7.CH3O/c1-7(18-11(16)6-17-2)5-10(15)19-12-8(13)3-4-9(12)14;1-2/h7H,2-6H2,1H3;1H3/q2*-1. The Bertz CT molecular complexity index is 379. The molecule has 1 rings (SSSR count). The highest BCUT2D eigenvalue weighted by Crippen LogP contribution is 2.13. The number of hydrogen-bond donors (Lipinski definition) is 0. The molecule has 0 saturated carbocycles. The molecule has 0 N–H and O–H groups in total. The monoisotopic (exact) mass is 303 g/mol. The molecule has 1 saturated heterocycles. The number of imide groups is 1. The lowest BCUT2D eigenvalue weighted by atomic mass is 10.3. The van der Waals surface area contributed by atoms with Gasteiger partial charge in [-0.25, -0.2) is 16.7 Å². The molecule has 0 spiro atoms. The van der Waals surface area contributed by atoms with Gasteiger partial charge in [-0.2, -0.15) is 7.11 Å². The number of rotatable bonds is 6. The highest BCUT2D eigenvalue weighted by Gasteiger charge is 2.33. The molecule has 1 atom stereocenters. The third kappa shape index (κ3) is 6.82. The molecule has 0 aromatic carbocycles. The van der Waals surface area contributed by atoms with Crippen molar-refractivity contribution in [3.8, 4) is 0 Å². The minimum atomic E-state index is -0.834. The second kappa shape index (κ2) is 9.83. The Hall–Kier alpha value is -2.00. The van der Waals surface area contributed by atoms with Crippen molar-refractivity contribution in [2.45, 2.75) is 32.3 Å². The van der Waals surface area contributed by atoms with Gasteiger partial charge in [-0.3, -0.25) is 9.59 Å². The zero-order valence-electron chi connectivity index (χ0n) is 11.8. The SMILES string of the molecule is C[O-].[CH2-]OCC(=O)OC(C)CC(=O)ON1C(=O)CCC1=O. The van der Waals surface area contributed by atoms with Crippen molar-refractivity contribution in [1.29, 1.82) is 0 Å². The van der Waals surface area contributed by atoms with Crippen molar-refractivity contribution in [1.82, 2.24) is 5.06 Å². The summed E-state index contributed by atoms with van der Waals surface area (Å²) < 4.78 is 9.09. The van der Waals surface area contributed by atoms with Crippen LogP contribution in [-0.2, 0) is 33.5 Å². The smallest absolute Gasteiger partial charge is 0.336 e. The number of ether oxygens (including phenoxy) is 2. The van der Waals surface area contributed by atoms with Crippen LogP contribution < -0.4 is 5.11 Å². The second-order valence-corrected chi connectivity index (χ2v) is 3.90. The minimum absolute atomic E-state index is 0.0253. The topological polar surface area (TPSA) is 122 Å². The Kier molecular flexibility index (Phi) is 8.90. The molecule has 9 heteroatoms. The van der Waals surface area contributed by atoms with Crippen molar-refractivity contribution in [2.75, 3.05) is 13.7 Å². The van der Waals surface area contributed by atoms with Gasteiger partial charge in [0, 0.05) is 12.8 Å². The highest BCUT2D eigenvalue weighted by atomic mass is 16.7. The second-order valence-electron chi connectivity index (χ2n) is 3.90. The highest BCUT2D eigenvalue weighted by molar-refractivity contribution is 6.01. The van der Waals surface area contributed by atoms with Crippen molar-refractivity contribution in [2.24, 2.45) is 0 Å². The van der Waals surface area contributed by atoms with Crippen LogP contribution in [0, 0.1) is 7.11 Å². The third-order valence-corrected chi connectivity index (χ3v) is 2.21. The van der Waals surface area contributed by atoms with E-state index >= 15 is 0 Å². The van der Waals surface area contributed by atoms with E-state index < -0.39 is 29.9 Å². The van der Waals surface area contributed by atoms with Gasteiger partial charge in [-0.1, -0.05) is 0 Å². The Morgan fingerprint density at radius 1 is 1.24 bits per heavy atom. The molecule has 0 radical (unpaired) electrons. The molecule has 0 aromatic heterocycles. The number of nitrogens with zero attached hydrogens (tertiary/aromatic N) is 1. The number of hydrogen-bond acceptors (Lipinski definition) is 8. The summed E-state index contributed by atoms with van der Waals surface area (Å²) in [6.45, 7) is 1.14. The molecule has 2 amide bonds. The molecule has 1 heterocycles. The van der Waals surface area contributed by atoms with Crippen LogP contribution >= 0.6 is 0 Å². The first-order valence-electron chi connectivity index (χ1n) is 5.98. The summed E-state index contributed by atoms with van der Waals surface area (Å²) in [6.07, 6.45) is -0.988. The van der Waals surface area contributed by atoms with Gasteiger partial charge < -0.3 is 19.4 Å². The summed E-state index contributed by atoms with van der Waals surface area (Å²) in [4.78, 5) is 49.4. The zero-order chi connectivity index (χ0) is 16.4. The maximum atomic E-state index is 11.4. The zero-order valence-corrected chi connectivity index (χ0v) is 11.8. The number of hydroxylamine groups is 2. The van der Waals surface area contributed by atoms with Crippen LogP contribution in [-0.4, -0.2) is 48.6 Å². The van der Waals surface area contributed by atoms with E-state index in [1.807, 2.05) is 0 Å². The molecule has 0 aliphatic carbocycles. The van der Waals surface area contributed by atoms with Crippen LogP contribution in [0.2, 0.25) is 0 Å². The maximum absolute atomic E-state index is 11.4. The Balaban J connectivity index is 0.00000191. The third-order valence-electron chi connectivity index (χ3n) is 2.21. The van der Waals surface area contributed by atoms with Gasteiger partial charge in [0.2, 0.25) is 0 Å². The lowest BCUT2D eigenvalue weighted by Gasteiger charge is -2.16.